The number of anilines is 2. The number of amides is 1. The van der Waals surface area contributed by atoms with Crippen LogP contribution in [0.25, 0.3) is 11.4 Å². The van der Waals surface area contributed by atoms with Gasteiger partial charge in [0.15, 0.2) is 0 Å². The zero-order chi connectivity index (χ0) is 20.5. The second kappa shape index (κ2) is 7.25. The van der Waals surface area contributed by atoms with Crippen LogP contribution in [0.5, 0.6) is 0 Å². The molecule has 3 heterocycles. The Kier molecular flexibility index (Phi) is 4.99. The molecule has 0 aliphatic heterocycles. The van der Waals surface area contributed by atoms with Crippen LogP contribution in [-0.2, 0) is 11.0 Å². The monoisotopic (exact) mass is 391 g/mol. The summed E-state index contributed by atoms with van der Waals surface area (Å²) in [5, 5.41) is 10.6. The lowest BCUT2D eigenvalue weighted by molar-refractivity contribution is -0.137. The molecule has 0 radical (unpaired) electrons. The lowest BCUT2D eigenvalue weighted by Crippen LogP contribution is -2.24. The molecule has 0 aliphatic rings. The van der Waals surface area contributed by atoms with Crippen LogP contribution in [-0.4, -0.2) is 30.9 Å². The number of alkyl halides is 3. The molecule has 0 aromatic carbocycles. The number of nitrogens with zero attached hydrogens (tertiary/aromatic N) is 5. The fraction of sp³-hybridized carbons (Fsp3) is 0.235. The molecule has 0 aliphatic carbocycles. The van der Waals surface area contributed by atoms with Crippen molar-refractivity contribution in [1.29, 1.82) is 0 Å². The van der Waals surface area contributed by atoms with Crippen LogP contribution >= 0.6 is 0 Å². The van der Waals surface area contributed by atoms with E-state index in [-0.39, 0.29) is 5.82 Å². The number of halogens is 3. The summed E-state index contributed by atoms with van der Waals surface area (Å²) in [5.74, 6) is -0.268. The largest absolute Gasteiger partial charge is 0.416 e. The highest BCUT2D eigenvalue weighted by Crippen LogP contribution is 2.30. The summed E-state index contributed by atoms with van der Waals surface area (Å²) < 4.78 is 39.9. The number of aromatic nitrogens is 5. The van der Waals surface area contributed by atoms with Gasteiger partial charge >= 0.3 is 6.18 Å². The average Bonchev–Trinajstić information content (AvgIpc) is 3.10. The highest BCUT2D eigenvalue weighted by Gasteiger charge is 2.30. The Morgan fingerprint density at radius 1 is 1.21 bits per heavy atom. The SMILES string of the molecule is Cc1cc(Nc2cc(C(F)(F)F)ccn2)nc(-c2cn(C(C)C(N)=O)nn2)c1. The van der Waals surface area contributed by atoms with Gasteiger partial charge in [-0.2, -0.15) is 13.2 Å². The van der Waals surface area contributed by atoms with Crippen molar-refractivity contribution in [2.75, 3.05) is 5.32 Å². The molecule has 8 nitrogen and oxygen atoms in total. The molecule has 0 spiro atoms. The standard InChI is InChI=1S/C17H16F3N7O/c1-9-5-12(13-8-27(26-25-13)10(2)16(21)28)23-15(6-9)24-14-7-11(3-4-22-14)17(18,19)20/h3-8,10H,1-2H3,(H2,21,28)(H,22,23,24). The van der Waals surface area contributed by atoms with Crippen LogP contribution < -0.4 is 11.1 Å². The van der Waals surface area contributed by atoms with Gasteiger partial charge in [-0.3, -0.25) is 4.79 Å². The molecule has 11 heteroatoms. The molecule has 3 rings (SSSR count). The first-order chi connectivity index (χ1) is 13.1. The Labute approximate surface area is 157 Å². The van der Waals surface area contributed by atoms with Gasteiger partial charge < -0.3 is 11.1 Å². The van der Waals surface area contributed by atoms with Crippen LogP contribution in [0.1, 0.15) is 24.1 Å². The Morgan fingerprint density at radius 2 is 1.96 bits per heavy atom. The Hall–Kier alpha value is -3.50. The Morgan fingerprint density at radius 3 is 2.64 bits per heavy atom. The molecule has 1 amide bonds. The van der Waals surface area contributed by atoms with Crippen molar-refractivity contribution in [3.05, 3.63) is 47.8 Å². The highest BCUT2D eigenvalue weighted by molar-refractivity contribution is 5.77. The Bertz CT molecular complexity index is 1020. The second-order valence-corrected chi connectivity index (χ2v) is 6.13. The second-order valence-electron chi connectivity index (χ2n) is 6.13. The first-order valence-electron chi connectivity index (χ1n) is 8.14. The van der Waals surface area contributed by atoms with E-state index < -0.39 is 23.7 Å². The maximum Gasteiger partial charge on any atom is 0.416 e. The number of rotatable bonds is 5. The number of pyridine rings is 2. The number of hydrogen-bond donors (Lipinski definition) is 2. The van der Waals surface area contributed by atoms with Gasteiger partial charge in [0.2, 0.25) is 5.91 Å². The van der Waals surface area contributed by atoms with E-state index in [2.05, 4.69) is 25.6 Å². The summed E-state index contributed by atoms with van der Waals surface area (Å²) in [4.78, 5) is 19.5. The van der Waals surface area contributed by atoms with Gasteiger partial charge in [0, 0.05) is 6.20 Å². The number of nitrogens with two attached hydrogens (primary N) is 1. The predicted molar refractivity (Wildman–Crippen MR) is 94.4 cm³/mol. The van der Waals surface area contributed by atoms with Crippen LogP contribution in [0, 0.1) is 6.92 Å². The first-order valence-corrected chi connectivity index (χ1v) is 8.14. The van der Waals surface area contributed by atoms with Gasteiger partial charge in [0.25, 0.3) is 0 Å². The van der Waals surface area contributed by atoms with Gasteiger partial charge in [-0.25, -0.2) is 14.6 Å². The van der Waals surface area contributed by atoms with E-state index in [4.69, 9.17) is 5.73 Å². The molecule has 1 atom stereocenters. The van der Waals surface area contributed by atoms with Crippen molar-refractivity contribution in [2.45, 2.75) is 26.1 Å². The quantitative estimate of drug-likeness (QED) is 0.692. The summed E-state index contributed by atoms with van der Waals surface area (Å²) >= 11 is 0. The number of aryl methyl sites for hydroxylation is 1. The minimum absolute atomic E-state index is 0.00452. The van der Waals surface area contributed by atoms with Crippen molar-refractivity contribution in [3.8, 4) is 11.4 Å². The fourth-order valence-electron chi connectivity index (χ4n) is 2.38. The maximum atomic E-state index is 12.9. The van der Waals surface area contributed by atoms with Crippen molar-refractivity contribution in [1.82, 2.24) is 25.0 Å². The first kappa shape index (κ1) is 19.3. The van der Waals surface area contributed by atoms with Crippen molar-refractivity contribution in [2.24, 2.45) is 5.73 Å². The van der Waals surface area contributed by atoms with E-state index >= 15 is 0 Å². The smallest absolute Gasteiger partial charge is 0.368 e. The van der Waals surface area contributed by atoms with E-state index in [1.54, 1.807) is 26.0 Å². The van der Waals surface area contributed by atoms with Gasteiger partial charge in [-0.1, -0.05) is 5.21 Å². The third kappa shape index (κ3) is 4.24. The van der Waals surface area contributed by atoms with Gasteiger partial charge in [-0.05, 0) is 43.7 Å². The topological polar surface area (TPSA) is 112 Å². The van der Waals surface area contributed by atoms with Gasteiger partial charge in [0.05, 0.1) is 17.5 Å². The van der Waals surface area contributed by atoms with E-state index in [0.717, 1.165) is 23.9 Å². The molecule has 1 unspecified atom stereocenters. The van der Waals surface area contributed by atoms with Crippen molar-refractivity contribution < 1.29 is 18.0 Å². The molecule has 3 aromatic rings. The van der Waals surface area contributed by atoms with E-state index in [1.165, 1.54) is 10.9 Å². The highest BCUT2D eigenvalue weighted by atomic mass is 19.4. The van der Waals surface area contributed by atoms with E-state index in [0.29, 0.717) is 17.2 Å². The molecule has 3 N–H and O–H groups in total. The summed E-state index contributed by atoms with van der Waals surface area (Å²) in [7, 11) is 0. The summed E-state index contributed by atoms with van der Waals surface area (Å²) in [6, 6.07) is 4.49. The number of nitrogens with one attached hydrogen (secondary N) is 1. The molecule has 0 saturated heterocycles. The molecule has 28 heavy (non-hydrogen) atoms. The molecule has 0 fully saturated rings. The van der Waals surface area contributed by atoms with Crippen LogP contribution in [0.2, 0.25) is 0 Å². The molecular formula is C17H16F3N7O. The average molecular weight is 391 g/mol. The molecule has 0 saturated carbocycles. The van der Waals surface area contributed by atoms with Gasteiger partial charge in [0.1, 0.15) is 23.4 Å². The number of hydrogen-bond acceptors (Lipinski definition) is 6. The third-order valence-electron chi connectivity index (χ3n) is 3.89. The molecule has 3 aromatic heterocycles. The maximum absolute atomic E-state index is 12.9. The molecular weight excluding hydrogens is 375 g/mol. The van der Waals surface area contributed by atoms with Gasteiger partial charge in [-0.15, -0.1) is 5.10 Å². The minimum Gasteiger partial charge on any atom is -0.368 e. The third-order valence-corrected chi connectivity index (χ3v) is 3.89. The van der Waals surface area contributed by atoms with Crippen LogP contribution in [0.4, 0.5) is 24.8 Å². The van der Waals surface area contributed by atoms with E-state index in [1.807, 2.05) is 0 Å². The zero-order valence-corrected chi connectivity index (χ0v) is 14.9. The number of primary amides is 1. The Balaban J connectivity index is 1.90. The van der Waals surface area contributed by atoms with E-state index in [9.17, 15) is 18.0 Å². The normalized spacial score (nSPS) is 12.6. The summed E-state index contributed by atoms with van der Waals surface area (Å²) in [6.07, 6.45) is -1.89. The lowest BCUT2D eigenvalue weighted by atomic mass is 10.2. The van der Waals surface area contributed by atoms with Crippen LogP contribution in [0.15, 0.2) is 36.7 Å². The summed E-state index contributed by atoms with van der Waals surface area (Å²) in [5.41, 5.74) is 6.04. The zero-order valence-electron chi connectivity index (χ0n) is 14.9. The number of carbonyl (C=O) groups excluding carboxylic acids is 1. The molecule has 0 bridgehead atoms. The van der Waals surface area contributed by atoms with Crippen molar-refractivity contribution >= 4 is 17.5 Å². The molecule has 146 valence electrons. The minimum atomic E-state index is -4.47. The lowest BCUT2D eigenvalue weighted by Gasteiger charge is -2.10. The predicted octanol–water partition coefficient (Wildman–Crippen LogP) is 2.85. The van der Waals surface area contributed by atoms with Crippen molar-refractivity contribution in [3.63, 3.8) is 0 Å². The number of carbonyl (C=O) groups is 1. The van der Waals surface area contributed by atoms with Crippen LogP contribution in [0.3, 0.4) is 0 Å². The summed E-state index contributed by atoms with van der Waals surface area (Å²) in [6.45, 7) is 3.38. The fourth-order valence-corrected chi connectivity index (χ4v) is 2.38.